The number of nitro groups is 1. The normalized spacial score (nSPS) is 10.1. The predicted octanol–water partition coefficient (Wildman–Crippen LogP) is 3.24. The smallest absolute Gasteiger partial charge is 0.358 e. The van der Waals surface area contributed by atoms with Crippen molar-refractivity contribution in [1.29, 1.82) is 0 Å². The van der Waals surface area contributed by atoms with Crippen molar-refractivity contribution in [2.75, 3.05) is 0 Å². The fourth-order valence-electron chi connectivity index (χ4n) is 1.44. The molecule has 8 heteroatoms. The maximum absolute atomic E-state index is 11.0. The molecule has 2 aromatic rings. The van der Waals surface area contributed by atoms with E-state index in [0.717, 1.165) is 0 Å². The number of ether oxygens (including phenoxy) is 1. The Labute approximate surface area is 121 Å². The van der Waals surface area contributed by atoms with Crippen LogP contribution in [0.5, 0.6) is 11.5 Å². The molecule has 0 radical (unpaired) electrons. The standard InChI is InChI=1S/C12H7BrN2O5/c13-8-6-7(15(18)19)3-4-9(8)20-10-2-1-5-14-11(10)12(16)17/h1-6H,(H,16,17). The van der Waals surface area contributed by atoms with Crippen molar-refractivity contribution < 1.29 is 19.6 Å². The first-order chi connectivity index (χ1) is 9.49. The van der Waals surface area contributed by atoms with Gasteiger partial charge in [0.25, 0.3) is 5.69 Å². The number of aromatic carboxylic acids is 1. The summed E-state index contributed by atoms with van der Waals surface area (Å²) in [6, 6.07) is 6.88. The van der Waals surface area contributed by atoms with Crippen LogP contribution in [0.15, 0.2) is 41.0 Å². The average molecular weight is 339 g/mol. The number of rotatable bonds is 4. The molecule has 0 saturated carbocycles. The summed E-state index contributed by atoms with van der Waals surface area (Å²) < 4.78 is 5.76. The highest BCUT2D eigenvalue weighted by molar-refractivity contribution is 9.10. The fourth-order valence-corrected chi connectivity index (χ4v) is 1.89. The summed E-state index contributed by atoms with van der Waals surface area (Å²) in [6.45, 7) is 0. The van der Waals surface area contributed by atoms with Gasteiger partial charge in [-0.05, 0) is 34.1 Å². The molecule has 1 aromatic heterocycles. The first-order valence-corrected chi connectivity index (χ1v) is 6.08. The van der Waals surface area contributed by atoms with Crippen LogP contribution < -0.4 is 4.74 Å². The van der Waals surface area contributed by atoms with Crippen LogP contribution in [-0.2, 0) is 0 Å². The molecule has 0 unspecified atom stereocenters. The monoisotopic (exact) mass is 338 g/mol. The maximum Gasteiger partial charge on any atom is 0.358 e. The van der Waals surface area contributed by atoms with Gasteiger partial charge in [-0.1, -0.05) is 0 Å². The molecule has 0 spiro atoms. The SMILES string of the molecule is O=C(O)c1ncccc1Oc1ccc([N+](=O)[O-])cc1Br. The van der Waals surface area contributed by atoms with Gasteiger partial charge in [0, 0.05) is 18.3 Å². The van der Waals surface area contributed by atoms with Gasteiger partial charge in [0.15, 0.2) is 11.4 Å². The van der Waals surface area contributed by atoms with Crippen molar-refractivity contribution in [3.05, 3.63) is 56.8 Å². The minimum absolute atomic E-state index is 0.0505. The van der Waals surface area contributed by atoms with Gasteiger partial charge in [-0.25, -0.2) is 9.78 Å². The molecule has 0 aliphatic rings. The second-order valence-electron chi connectivity index (χ2n) is 3.63. The molecule has 0 fully saturated rings. The molecule has 1 N–H and O–H groups in total. The first kappa shape index (κ1) is 13.9. The van der Waals surface area contributed by atoms with Crippen LogP contribution in [0.25, 0.3) is 0 Å². The van der Waals surface area contributed by atoms with Crippen molar-refractivity contribution in [3.8, 4) is 11.5 Å². The number of nitrogens with zero attached hydrogens (tertiary/aromatic N) is 2. The van der Waals surface area contributed by atoms with Crippen LogP contribution in [-0.4, -0.2) is 21.0 Å². The minimum atomic E-state index is -1.22. The molecule has 7 nitrogen and oxygen atoms in total. The van der Waals surface area contributed by atoms with Crippen molar-refractivity contribution in [2.45, 2.75) is 0 Å². The lowest BCUT2D eigenvalue weighted by molar-refractivity contribution is -0.384. The lowest BCUT2D eigenvalue weighted by Gasteiger charge is -2.09. The summed E-state index contributed by atoms with van der Waals surface area (Å²) in [6.07, 6.45) is 1.33. The molecule has 2 rings (SSSR count). The zero-order valence-electron chi connectivity index (χ0n) is 9.82. The summed E-state index contributed by atoms with van der Waals surface area (Å²) in [5, 5.41) is 19.6. The molecule has 0 amide bonds. The number of pyridine rings is 1. The summed E-state index contributed by atoms with van der Waals surface area (Å²) in [5.41, 5.74) is -0.341. The van der Waals surface area contributed by atoms with E-state index in [1.54, 1.807) is 0 Å². The first-order valence-electron chi connectivity index (χ1n) is 5.29. The zero-order chi connectivity index (χ0) is 14.7. The lowest BCUT2D eigenvalue weighted by atomic mass is 10.3. The van der Waals surface area contributed by atoms with E-state index in [0.29, 0.717) is 4.47 Å². The summed E-state index contributed by atoms with van der Waals surface area (Å²) in [5.74, 6) is -0.917. The van der Waals surface area contributed by atoms with Gasteiger partial charge < -0.3 is 9.84 Å². The molecular weight excluding hydrogens is 332 g/mol. The van der Waals surface area contributed by atoms with Gasteiger partial charge in [0.2, 0.25) is 0 Å². The van der Waals surface area contributed by atoms with Crippen LogP contribution in [0, 0.1) is 10.1 Å². The largest absolute Gasteiger partial charge is 0.476 e. The van der Waals surface area contributed by atoms with E-state index in [4.69, 9.17) is 9.84 Å². The number of non-ortho nitro benzene ring substituents is 1. The Morgan fingerprint density at radius 3 is 2.70 bits per heavy atom. The van der Waals surface area contributed by atoms with Crippen LogP contribution in [0.4, 0.5) is 5.69 Å². The number of halogens is 1. The number of hydrogen-bond donors (Lipinski definition) is 1. The third-order valence-corrected chi connectivity index (χ3v) is 2.94. The second-order valence-corrected chi connectivity index (χ2v) is 4.48. The minimum Gasteiger partial charge on any atom is -0.476 e. The molecule has 0 saturated heterocycles. The highest BCUT2D eigenvalue weighted by Gasteiger charge is 2.15. The molecule has 1 heterocycles. The van der Waals surface area contributed by atoms with E-state index in [2.05, 4.69) is 20.9 Å². The van der Waals surface area contributed by atoms with Gasteiger partial charge in [-0.3, -0.25) is 10.1 Å². The van der Waals surface area contributed by atoms with E-state index in [1.165, 1.54) is 36.5 Å². The van der Waals surface area contributed by atoms with Gasteiger partial charge in [-0.2, -0.15) is 0 Å². The molecule has 0 aliphatic heterocycles. The van der Waals surface area contributed by atoms with E-state index in [-0.39, 0.29) is 22.9 Å². The Hall–Kier alpha value is -2.48. The Balaban J connectivity index is 2.36. The fraction of sp³-hybridized carbons (Fsp3) is 0. The molecule has 0 atom stereocenters. The van der Waals surface area contributed by atoms with Crippen molar-refractivity contribution in [1.82, 2.24) is 4.98 Å². The van der Waals surface area contributed by atoms with Crippen molar-refractivity contribution in [2.24, 2.45) is 0 Å². The van der Waals surface area contributed by atoms with Gasteiger partial charge >= 0.3 is 5.97 Å². The maximum atomic E-state index is 11.0. The molecular formula is C12H7BrN2O5. The highest BCUT2D eigenvalue weighted by Crippen LogP contribution is 2.33. The Bertz CT molecular complexity index is 689. The van der Waals surface area contributed by atoms with Crippen LogP contribution in [0.3, 0.4) is 0 Å². The number of carboxylic acid groups (broad SMARTS) is 1. The summed E-state index contributed by atoms with van der Waals surface area (Å²) in [4.78, 5) is 24.8. The second kappa shape index (κ2) is 5.66. The third-order valence-electron chi connectivity index (χ3n) is 2.32. The van der Waals surface area contributed by atoms with E-state index in [1.807, 2.05) is 0 Å². The quantitative estimate of drug-likeness (QED) is 0.678. The molecule has 0 bridgehead atoms. The molecule has 20 heavy (non-hydrogen) atoms. The number of nitro benzene ring substituents is 1. The lowest BCUT2D eigenvalue weighted by Crippen LogP contribution is -2.03. The molecule has 0 aliphatic carbocycles. The number of benzene rings is 1. The average Bonchev–Trinajstić information content (AvgIpc) is 2.41. The number of hydrogen-bond acceptors (Lipinski definition) is 5. The van der Waals surface area contributed by atoms with Gasteiger partial charge in [0.05, 0.1) is 9.40 Å². The third kappa shape index (κ3) is 2.91. The summed E-state index contributed by atoms with van der Waals surface area (Å²) >= 11 is 3.14. The molecule has 102 valence electrons. The molecule has 1 aromatic carbocycles. The van der Waals surface area contributed by atoms with Crippen LogP contribution >= 0.6 is 15.9 Å². The van der Waals surface area contributed by atoms with Gasteiger partial charge in [-0.15, -0.1) is 0 Å². The predicted molar refractivity (Wildman–Crippen MR) is 72.1 cm³/mol. The van der Waals surface area contributed by atoms with Crippen molar-refractivity contribution >= 4 is 27.6 Å². The van der Waals surface area contributed by atoms with Crippen molar-refractivity contribution in [3.63, 3.8) is 0 Å². The zero-order valence-corrected chi connectivity index (χ0v) is 11.4. The number of aromatic nitrogens is 1. The Morgan fingerprint density at radius 1 is 1.35 bits per heavy atom. The Kier molecular flexibility index (Phi) is 3.94. The van der Waals surface area contributed by atoms with E-state index in [9.17, 15) is 14.9 Å². The number of carbonyl (C=O) groups is 1. The highest BCUT2D eigenvalue weighted by atomic mass is 79.9. The van der Waals surface area contributed by atoms with E-state index >= 15 is 0 Å². The van der Waals surface area contributed by atoms with Crippen LogP contribution in [0.2, 0.25) is 0 Å². The van der Waals surface area contributed by atoms with Crippen LogP contribution in [0.1, 0.15) is 10.5 Å². The Morgan fingerprint density at radius 2 is 2.10 bits per heavy atom. The van der Waals surface area contributed by atoms with E-state index < -0.39 is 10.9 Å². The summed E-state index contributed by atoms with van der Waals surface area (Å²) in [7, 11) is 0. The topological polar surface area (TPSA) is 103 Å². The van der Waals surface area contributed by atoms with Gasteiger partial charge in [0.1, 0.15) is 5.75 Å². The number of carboxylic acids is 1.